The van der Waals surface area contributed by atoms with Crippen molar-refractivity contribution in [2.75, 3.05) is 6.54 Å². The van der Waals surface area contributed by atoms with Gasteiger partial charge in [-0.3, -0.25) is 9.48 Å². The number of amides is 1. The van der Waals surface area contributed by atoms with Crippen LogP contribution in [0.15, 0.2) is 36.9 Å². The molecule has 1 atom stereocenters. The molecule has 0 aliphatic carbocycles. The summed E-state index contributed by atoms with van der Waals surface area (Å²) in [5.74, 6) is -0.141. The van der Waals surface area contributed by atoms with E-state index in [9.17, 15) is 9.18 Å². The predicted octanol–water partition coefficient (Wildman–Crippen LogP) is 2.17. The van der Waals surface area contributed by atoms with Crippen LogP contribution in [0.5, 0.6) is 0 Å². The van der Waals surface area contributed by atoms with Crippen LogP contribution in [0.3, 0.4) is 0 Å². The summed E-state index contributed by atoms with van der Waals surface area (Å²) in [5, 5.41) is 3.99. The molecule has 1 aliphatic rings. The number of carbonyl (C=O) groups excluding carboxylic acids is 1. The average Bonchev–Trinajstić information content (AvgIpc) is 3.17. The van der Waals surface area contributed by atoms with Crippen molar-refractivity contribution in [3.8, 4) is 0 Å². The zero-order valence-electron chi connectivity index (χ0n) is 11.7. The number of rotatable bonds is 4. The highest BCUT2D eigenvalue weighted by Crippen LogP contribution is 2.32. The van der Waals surface area contributed by atoms with Gasteiger partial charge in [0.25, 0.3) is 0 Å². The molecule has 1 aliphatic heterocycles. The highest BCUT2D eigenvalue weighted by atomic mass is 19.1. The van der Waals surface area contributed by atoms with Crippen molar-refractivity contribution in [2.24, 2.45) is 0 Å². The van der Waals surface area contributed by atoms with Crippen molar-refractivity contribution < 1.29 is 9.18 Å². The van der Waals surface area contributed by atoms with Crippen molar-refractivity contribution >= 4 is 5.91 Å². The molecule has 0 spiro atoms. The second kappa shape index (κ2) is 6.03. The molecular formula is C15H17FN4O. The number of likely N-dealkylation sites (tertiary alicyclic amines) is 1. The first kappa shape index (κ1) is 13.7. The quantitative estimate of drug-likeness (QED) is 0.866. The van der Waals surface area contributed by atoms with E-state index in [1.165, 1.54) is 18.5 Å². The molecule has 21 heavy (non-hydrogen) atoms. The van der Waals surface area contributed by atoms with Gasteiger partial charge < -0.3 is 4.90 Å². The number of halogens is 1. The zero-order chi connectivity index (χ0) is 14.7. The summed E-state index contributed by atoms with van der Waals surface area (Å²) in [4.78, 5) is 18.1. The molecule has 5 nitrogen and oxygen atoms in total. The van der Waals surface area contributed by atoms with Crippen LogP contribution in [0, 0.1) is 5.82 Å². The predicted molar refractivity (Wildman–Crippen MR) is 74.7 cm³/mol. The maximum absolute atomic E-state index is 13.0. The third-order valence-electron chi connectivity index (χ3n) is 3.85. The van der Waals surface area contributed by atoms with Gasteiger partial charge in [0.05, 0.1) is 12.6 Å². The summed E-state index contributed by atoms with van der Waals surface area (Å²) in [6, 6.07) is 6.50. The molecule has 1 saturated heterocycles. The van der Waals surface area contributed by atoms with Gasteiger partial charge >= 0.3 is 0 Å². The third kappa shape index (κ3) is 3.09. The second-order valence-corrected chi connectivity index (χ2v) is 5.21. The van der Waals surface area contributed by atoms with Gasteiger partial charge in [-0.25, -0.2) is 9.37 Å². The fraction of sp³-hybridized carbons (Fsp3) is 0.400. The van der Waals surface area contributed by atoms with Gasteiger partial charge in [0.2, 0.25) is 5.91 Å². The molecular weight excluding hydrogens is 271 g/mol. The van der Waals surface area contributed by atoms with Crippen LogP contribution in [-0.4, -0.2) is 32.1 Å². The Morgan fingerprint density at radius 2 is 2.14 bits per heavy atom. The lowest BCUT2D eigenvalue weighted by atomic mass is 10.0. The van der Waals surface area contributed by atoms with E-state index in [1.807, 2.05) is 4.90 Å². The standard InChI is InChI=1S/C15H17FN4O/c16-13-5-3-12(4-6-13)14-2-1-8-20(14)15(21)7-9-19-11-17-10-18-19/h3-6,10-11,14H,1-2,7-9H2. The number of nitrogens with zero attached hydrogens (tertiary/aromatic N) is 4. The summed E-state index contributed by atoms with van der Waals surface area (Å²) >= 11 is 0. The van der Waals surface area contributed by atoms with Gasteiger partial charge in [-0.15, -0.1) is 0 Å². The molecule has 1 amide bonds. The number of aromatic nitrogens is 3. The maximum Gasteiger partial charge on any atom is 0.224 e. The summed E-state index contributed by atoms with van der Waals surface area (Å²) in [6.45, 7) is 1.30. The number of hydrogen-bond acceptors (Lipinski definition) is 3. The van der Waals surface area contributed by atoms with Crippen LogP contribution in [0.25, 0.3) is 0 Å². The zero-order valence-corrected chi connectivity index (χ0v) is 11.7. The van der Waals surface area contributed by atoms with E-state index >= 15 is 0 Å². The Morgan fingerprint density at radius 1 is 1.33 bits per heavy atom. The minimum absolute atomic E-state index is 0.0637. The molecule has 2 aromatic rings. The fourth-order valence-corrected chi connectivity index (χ4v) is 2.80. The lowest BCUT2D eigenvalue weighted by molar-refractivity contribution is -0.132. The smallest absolute Gasteiger partial charge is 0.224 e. The molecule has 1 fully saturated rings. The van der Waals surface area contributed by atoms with Gasteiger partial charge in [0.15, 0.2) is 0 Å². The van der Waals surface area contributed by atoms with Crippen LogP contribution in [0.1, 0.15) is 30.9 Å². The van der Waals surface area contributed by atoms with E-state index < -0.39 is 0 Å². The number of benzene rings is 1. The van der Waals surface area contributed by atoms with E-state index in [-0.39, 0.29) is 17.8 Å². The van der Waals surface area contributed by atoms with Crippen molar-refractivity contribution in [1.29, 1.82) is 0 Å². The van der Waals surface area contributed by atoms with Crippen molar-refractivity contribution in [3.05, 3.63) is 48.3 Å². The van der Waals surface area contributed by atoms with Gasteiger partial charge in [0, 0.05) is 13.0 Å². The first-order valence-electron chi connectivity index (χ1n) is 7.11. The lowest BCUT2D eigenvalue weighted by Gasteiger charge is -2.25. The Hall–Kier alpha value is -2.24. The van der Waals surface area contributed by atoms with E-state index in [0.29, 0.717) is 13.0 Å². The van der Waals surface area contributed by atoms with Gasteiger partial charge in [0.1, 0.15) is 18.5 Å². The Balaban J connectivity index is 1.65. The number of aryl methyl sites for hydroxylation is 1. The van der Waals surface area contributed by atoms with Crippen molar-refractivity contribution in [1.82, 2.24) is 19.7 Å². The third-order valence-corrected chi connectivity index (χ3v) is 3.85. The molecule has 110 valence electrons. The summed E-state index contributed by atoms with van der Waals surface area (Å²) in [6.07, 6.45) is 5.38. The molecule has 0 N–H and O–H groups in total. The molecule has 1 unspecified atom stereocenters. The Kier molecular flexibility index (Phi) is 3.94. The molecule has 3 rings (SSSR count). The first-order valence-corrected chi connectivity index (χ1v) is 7.11. The number of carbonyl (C=O) groups is 1. The average molecular weight is 288 g/mol. The summed E-state index contributed by atoms with van der Waals surface area (Å²) in [7, 11) is 0. The summed E-state index contributed by atoms with van der Waals surface area (Å²) < 4.78 is 14.7. The second-order valence-electron chi connectivity index (χ2n) is 5.21. The topological polar surface area (TPSA) is 51.0 Å². The van der Waals surface area contributed by atoms with Gasteiger partial charge in [-0.1, -0.05) is 12.1 Å². The molecule has 1 aromatic carbocycles. The van der Waals surface area contributed by atoms with Crippen LogP contribution < -0.4 is 0 Å². The summed E-state index contributed by atoms with van der Waals surface area (Å²) in [5.41, 5.74) is 1.00. The molecule has 0 bridgehead atoms. The minimum Gasteiger partial charge on any atom is -0.336 e. The van der Waals surface area contributed by atoms with Crippen molar-refractivity contribution in [2.45, 2.75) is 31.8 Å². The lowest BCUT2D eigenvalue weighted by Crippen LogP contribution is -2.31. The van der Waals surface area contributed by atoms with E-state index in [2.05, 4.69) is 10.1 Å². The fourth-order valence-electron chi connectivity index (χ4n) is 2.80. The highest BCUT2D eigenvalue weighted by Gasteiger charge is 2.29. The van der Waals surface area contributed by atoms with Crippen LogP contribution in [-0.2, 0) is 11.3 Å². The maximum atomic E-state index is 13.0. The minimum atomic E-state index is -0.249. The number of hydrogen-bond donors (Lipinski definition) is 0. The monoisotopic (exact) mass is 288 g/mol. The Bertz CT molecular complexity index is 597. The Labute approximate surface area is 122 Å². The van der Waals surface area contributed by atoms with Crippen LogP contribution >= 0.6 is 0 Å². The normalized spacial score (nSPS) is 18.1. The Morgan fingerprint density at radius 3 is 2.86 bits per heavy atom. The van der Waals surface area contributed by atoms with E-state index in [4.69, 9.17) is 0 Å². The van der Waals surface area contributed by atoms with E-state index in [0.717, 1.165) is 24.9 Å². The first-order chi connectivity index (χ1) is 10.2. The molecule has 1 aromatic heterocycles. The SMILES string of the molecule is O=C(CCn1cncn1)N1CCCC1c1ccc(F)cc1. The molecule has 0 radical (unpaired) electrons. The van der Waals surface area contributed by atoms with E-state index in [1.54, 1.807) is 23.1 Å². The molecule has 6 heteroatoms. The highest BCUT2D eigenvalue weighted by molar-refractivity contribution is 5.77. The largest absolute Gasteiger partial charge is 0.336 e. The molecule has 2 heterocycles. The van der Waals surface area contributed by atoms with Gasteiger partial charge in [-0.05, 0) is 30.5 Å². The van der Waals surface area contributed by atoms with Crippen LogP contribution in [0.4, 0.5) is 4.39 Å². The van der Waals surface area contributed by atoms with Crippen LogP contribution in [0.2, 0.25) is 0 Å². The van der Waals surface area contributed by atoms with Gasteiger partial charge in [-0.2, -0.15) is 5.10 Å². The van der Waals surface area contributed by atoms with Crippen molar-refractivity contribution in [3.63, 3.8) is 0 Å². The molecule has 0 saturated carbocycles.